The third-order valence-corrected chi connectivity index (χ3v) is 6.94. The molecule has 0 unspecified atom stereocenters. The van der Waals surface area contributed by atoms with Gasteiger partial charge in [0.15, 0.2) is 0 Å². The van der Waals surface area contributed by atoms with Crippen LogP contribution < -0.4 is 15.5 Å². The van der Waals surface area contributed by atoms with Crippen LogP contribution in [-0.2, 0) is 18.4 Å². The first-order valence-electron chi connectivity index (χ1n) is 12.2. The Morgan fingerprint density at radius 2 is 1.91 bits per heavy atom. The Morgan fingerprint density at radius 3 is 2.58 bits per heavy atom. The van der Waals surface area contributed by atoms with Crippen LogP contribution in [0.4, 0.5) is 17.5 Å². The largest absolute Gasteiger partial charge is 0.368 e. The smallest absolute Gasteiger partial charge is 0.228 e. The number of aryl methyl sites for hydroxylation is 1. The van der Waals surface area contributed by atoms with Crippen molar-refractivity contribution < 1.29 is 0 Å². The zero-order valence-electron chi connectivity index (χ0n) is 20.4. The van der Waals surface area contributed by atoms with Gasteiger partial charge in [-0.1, -0.05) is 27.7 Å². The van der Waals surface area contributed by atoms with Gasteiger partial charge in [0, 0.05) is 56.4 Å². The zero-order valence-corrected chi connectivity index (χ0v) is 20.4. The molecule has 0 radical (unpaired) electrons. The maximum atomic E-state index is 5.02. The fourth-order valence-corrected chi connectivity index (χ4v) is 5.28. The van der Waals surface area contributed by atoms with E-state index in [1.165, 1.54) is 22.4 Å². The van der Waals surface area contributed by atoms with E-state index in [-0.39, 0.29) is 5.41 Å². The molecule has 1 saturated heterocycles. The van der Waals surface area contributed by atoms with Crippen LogP contribution in [-0.4, -0.2) is 45.7 Å². The number of anilines is 3. The molecule has 3 aromatic rings. The number of piperazine rings is 1. The molecule has 3 aromatic heterocycles. The first-order valence-corrected chi connectivity index (χ1v) is 12.2. The molecule has 0 amide bonds. The van der Waals surface area contributed by atoms with E-state index in [0.717, 1.165) is 56.3 Å². The molecule has 0 bridgehead atoms. The highest BCUT2D eigenvalue weighted by Gasteiger charge is 2.36. The summed E-state index contributed by atoms with van der Waals surface area (Å²) in [5, 5.41) is 6.72. The molecule has 2 N–H and O–H groups in total. The summed E-state index contributed by atoms with van der Waals surface area (Å²) in [5.41, 5.74) is 7.55. The van der Waals surface area contributed by atoms with E-state index >= 15 is 0 Å². The predicted molar refractivity (Wildman–Crippen MR) is 135 cm³/mol. The molecule has 4 heterocycles. The van der Waals surface area contributed by atoms with E-state index in [2.05, 4.69) is 77.0 Å². The summed E-state index contributed by atoms with van der Waals surface area (Å²) in [6.07, 6.45) is 7.22. The number of hydrogen-bond donors (Lipinski definition) is 2. The van der Waals surface area contributed by atoms with Crippen LogP contribution in [0, 0.1) is 0 Å². The van der Waals surface area contributed by atoms with Crippen LogP contribution in [0.3, 0.4) is 0 Å². The van der Waals surface area contributed by atoms with Crippen molar-refractivity contribution in [1.29, 1.82) is 0 Å². The second-order valence-electron chi connectivity index (χ2n) is 10.1. The Balaban J connectivity index is 1.47. The van der Waals surface area contributed by atoms with Crippen molar-refractivity contribution in [3.05, 3.63) is 47.5 Å². The van der Waals surface area contributed by atoms with Crippen LogP contribution in [0.1, 0.15) is 57.4 Å². The summed E-state index contributed by atoms with van der Waals surface area (Å²) >= 11 is 0. The topological polar surface area (TPSA) is 70.9 Å². The van der Waals surface area contributed by atoms with Crippen LogP contribution in [0.25, 0.3) is 11.3 Å². The number of nitrogens with zero attached hydrogens (tertiary/aromatic N) is 5. The molecule has 7 nitrogen and oxygen atoms in total. The molecular formula is C26H35N7. The quantitative estimate of drug-likeness (QED) is 0.604. The van der Waals surface area contributed by atoms with Gasteiger partial charge in [0.25, 0.3) is 0 Å². The minimum Gasteiger partial charge on any atom is -0.368 e. The standard InChI is InChI=1S/C26H35N7/c1-6-32-16-20-22(24(32)17(2)3)23-18(13-26(20,4)5)14-29-25(31-23)30-21-8-7-19(15-28-21)33-11-9-27-10-12-33/h7-8,14-17,27H,6,9-13H2,1-5H3,(H,28,29,30,31). The van der Waals surface area contributed by atoms with Gasteiger partial charge in [-0.2, -0.15) is 0 Å². The van der Waals surface area contributed by atoms with Crippen molar-refractivity contribution in [2.45, 2.75) is 58.9 Å². The van der Waals surface area contributed by atoms with Crippen molar-refractivity contribution in [1.82, 2.24) is 24.8 Å². The molecule has 2 aliphatic rings. The lowest BCUT2D eigenvalue weighted by Gasteiger charge is -2.32. The summed E-state index contributed by atoms with van der Waals surface area (Å²) in [5.74, 6) is 1.78. The third-order valence-electron chi connectivity index (χ3n) is 6.94. The van der Waals surface area contributed by atoms with Crippen LogP contribution in [0.5, 0.6) is 0 Å². The first-order chi connectivity index (χ1) is 15.9. The van der Waals surface area contributed by atoms with Gasteiger partial charge in [0.2, 0.25) is 5.95 Å². The van der Waals surface area contributed by atoms with Crippen molar-refractivity contribution in [3.8, 4) is 11.3 Å². The second kappa shape index (κ2) is 8.45. The monoisotopic (exact) mass is 445 g/mol. The number of aromatic nitrogens is 4. The minimum absolute atomic E-state index is 0.0616. The van der Waals surface area contributed by atoms with Gasteiger partial charge in [-0.25, -0.2) is 15.0 Å². The fourth-order valence-electron chi connectivity index (χ4n) is 5.28. The second-order valence-corrected chi connectivity index (χ2v) is 10.1. The Kier molecular flexibility index (Phi) is 5.60. The Morgan fingerprint density at radius 1 is 1.12 bits per heavy atom. The lowest BCUT2D eigenvalue weighted by molar-refractivity contribution is 0.513. The summed E-state index contributed by atoms with van der Waals surface area (Å²) in [6, 6.07) is 4.14. The van der Waals surface area contributed by atoms with Crippen molar-refractivity contribution in [2.75, 3.05) is 36.4 Å². The summed E-state index contributed by atoms with van der Waals surface area (Å²) < 4.78 is 2.40. The maximum Gasteiger partial charge on any atom is 0.228 e. The Bertz CT molecular complexity index is 1140. The van der Waals surface area contributed by atoms with Gasteiger partial charge in [-0.15, -0.1) is 0 Å². The summed E-state index contributed by atoms with van der Waals surface area (Å²) in [6.45, 7) is 16.4. The van der Waals surface area contributed by atoms with E-state index in [1.54, 1.807) is 0 Å². The number of rotatable bonds is 5. The fraction of sp³-hybridized carbons (Fsp3) is 0.500. The van der Waals surface area contributed by atoms with Crippen LogP contribution >= 0.6 is 0 Å². The summed E-state index contributed by atoms with van der Waals surface area (Å²) in [4.78, 5) is 16.7. The molecule has 1 fully saturated rings. The molecule has 174 valence electrons. The minimum atomic E-state index is 0.0616. The Labute approximate surface area is 196 Å². The zero-order chi connectivity index (χ0) is 23.2. The molecule has 0 aromatic carbocycles. The van der Waals surface area contributed by atoms with E-state index in [4.69, 9.17) is 4.98 Å². The van der Waals surface area contributed by atoms with Gasteiger partial charge in [0.05, 0.1) is 17.6 Å². The maximum absolute atomic E-state index is 5.02. The molecule has 0 saturated carbocycles. The molecule has 5 rings (SSSR count). The highest BCUT2D eigenvalue weighted by Crippen LogP contribution is 2.46. The number of hydrogen-bond acceptors (Lipinski definition) is 6. The van der Waals surface area contributed by atoms with E-state index in [0.29, 0.717) is 11.9 Å². The van der Waals surface area contributed by atoms with Gasteiger partial charge in [0.1, 0.15) is 5.82 Å². The molecule has 1 aliphatic heterocycles. The van der Waals surface area contributed by atoms with Gasteiger partial charge in [-0.05, 0) is 47.9 Å². The Hall–Kier alpha value is -2.93. The van der Waals surface area contributed by atoms with Crippen LogP contribution in [0.2, 0.25) is 0 Å². The van der Waals surface area contributed by atoms with E-state index in [9.17, 15) is 0 Å². The summed E-state index contributed by atoms with van der Waals surface area (Å²) in [7, 11) is 0. The van der Waals surface area contributed by atoms with E-state index < -0.39 is 0 Å². The lowest BCUT2D eigenvalue weighted by atomic mass is 9.72. The molecule has 0 spiro atoms. The number of fused-ring (bicyclic) bond motifs is 3. The molecule has 0 atom stereocenters. The molecule has 1 aliphatic carbocycles. The van der Waals surface area contributed by atoms with Crippen molar-refractivity contribution in [2.24, 2.45) is 0 Å². The first kappa shape index (κ1) is 21.9. The van der Waals surface area contributed by atoms with E-state index in [1.807, 2.05) is 18.5 Å². The molecular weight excluding hydrogens is 410 g/mol. The normalized spacial score (nSPS) is 17.1. The predicted octanol–water partition coefficient (Wildman–Crippen LogP) is 4.47. The highest BCUT2D eigenvalue weighted by atomic mass is 15.2. The SMILES string of the molecule is CCn1cc2c(c1C(C)C)-c1nc(Nc3ccc(N4CCNCC4)cn3)ncc1CC2(C)C. The average molecular weight is 446 g/mol. The van der Waals surface area contributed by atoms with Crippen molar-refractivity contribution >= 4 is 17.5 Å². The number of pyridine rings is 1. The highest BCUT2D eigenvalue weighted by molar-refractivity contribution is 5.76. The lowest BCUT2D eigenvalue weighted by Crippen LogP contribution is -2.43. The number of nitrogens with one attached hydrogen (secondary N) is 2. The molecule has 33 heavy (non-hydrogen) atoms. The molecule has 7 heteroatoms. The average Bonchev–Trinajstić information content (AvgIpc) is 3.22. The van der Waals surface area contributed by atoms with Gasteiger partial charge >= 0.3 is 0 Å². The van der Waals surface area contributed by atoms with Gasteiger partial charge in [-0.3, -0.25) is 0 Å². The van der Waals surface area contributed by atoms with Gasteiger partial charge < -0.3 is 20.1 Å². The van der Waals surface area contributed by atoms with Crippen molar-refractivity contribution in [3.63, 3.8) is 0 Å². The van der Waals surface area contributed by atoms with Crippen LogP contribution in [0.15, 0.2) is 30.7 Å². The third kappa shape index (κ3) is 3.99.